The average Bonchev–Trinajstić information content (AvgIpc) is 3.14. The number of likely N-dealkylation sites (tertiary alicyclic amines) is 1. The molecule has 2 aliphatic rings. The Labute approximate surface area is 192 Å². The molecule has 1 aliphatic carbocycles. The zero-order valence-electron chi connectivity index (χ0n) is 19.3. The molecular formula is C28H36N2S. The van der Waals surface area contributed by atoms with Crippen LogP contribution in [0.25, 0.3) is 10.9 Å². The van der Waals surface area contributed by atoms with Gasteiger partial charge in [0, 0.05) is 42.1 Å². The van der Waals surface area contributed by atoms with E-state index in [1.165, 1.54) is 54.7 Å². The molecule has 1 aliphatic heterocycles. The predicted molar refractivity (Wildman–Crippen MR) is 135 cm³/mol. The fraction of sp³-hybridized carbons (Fsp3) is 0.500. The largest absolute Gasteiger partial charge is 0.343 e. The van der Waals surface area contributed by atoms with Gasteiger partial charge in [-0.1, -0.05) is 50.2 Å². The van der Waals surface area contributed by atoms with Crippen molar-refractivity contribution in [3.05, 3.63) is 70.9 Å². The van der Waals surface area contributed by atoms with Gasteiger partial charge in [-0.25, -0.2) is 0 Å². The number of benzene rings is 2. The lowest BCUT2D eigenvalue weighted by molar-refractivity contribution is 0.0926. The van der Waals surface area contributed by atoms with E-state index in [1.54, 1.807) is 16.5 Å². The van der Waals surface area contributed by atoms with Crippen LogP contribution in [0.15, 0.2) is 48.7 Å². The van der Waals surface area contributed by atoms with Crippen molar-refractivity contribution >= 4 is 22.7 Å². The maximum Gasteiger partial charge on any atom is 0.0489 e. The summed E-state index contributed by atoms with van der Waals surface area (Å²) in [7, 11) is 0. The number of nitrogens with zero attached hydrogens (tertiary/aromatic N) is 2. The molecule has 2 nitrogen and oxygen atoms in total. The summed E-state index contributed by atoms with van der Waals surface area (Å²) in [5.74, 6) is 2.80. The summed E-state index contributed by atoms with van der Waals surface area (Å²) in [6, 6.07) is 16.7. The van der Waals surface area contributed by atoms with Crippen LogP contribution in [0, 0.1) is 5.92 Å². The SMILES string of the molecule is CCCN1C[C@H](CSC)C[C@@H]2c3cccc4c3c(cn4Cc3ccccc3CC)C[C@H]21. The number of aryl methyl sites for hydroxylation is 1. The van der Waals surface area contributed by atoms with Crippen LogP contribution in [0.4, 0.5) is 0 Å². The van der Waals surface area contributed by atoms with Crippen molar-refractivity contribution in [3.63, 3.8) is 0 Å². The van der Waals surface area contributed by atoms with Gasteiger partial charge in [0.1, 0.15) is 0 Å². The lowest BCUT2D eigenvalue weighted by Crippen LogP contribution is -2.50. The molecule has 2 heterocycles. The molecule has 0 saturated carbocycles. The van der Waals surface area contributed by atoms with E-state index in [1.807, 2.05) is 11.8 Å². The highest BCUT2D eigenvalue weighted by atomic mass is 32.2. The van der Waals surface area contributed by atoms with Gasteiger partial charge >= 0.3 is 0 Å². The highest BCUT2D eigenvalue weighted by Gasteiger charge is 2.40. The topological polar surface area (TPSA) is 8.17 Å². The minimum absolute atomic E-state index is 0.676. The van der Waals surface area contributed by atoms with Crippen molar-refractivity contribution < 1.29 is 0 Å². The molecule has 2 aromatic carbocycles. The van der Waals surface area contributed by atoms with E-state index in [-0.39, 0.29) is 0 Å². The quantitative estimate of drug-likeness (QED) is 0.429. The highest BCUT2D eigenvalue weighted by Crippen LogP contribution is 2.45. The normalized spacial score (nSPS) is 23.3. The van der Waals surface area contributed by atoms with E-state index in [0.29, 0.717) is 12.0 Å². The second kappa shape index (κ2) is 9.03. The van der Waals surface area contributed by atoms with Gasteiger partial charge in [0.15, 0.2) is 0 Å². The predicted octanol–water partition coefficient (Wildman–Crippen LogP) is 6.36. The van der Waals surface area contributed by atoms with Gasteiger partial charge in [0.2, 0.25) is 0 Å². The minimum Gasteiger partial charge on any atom is -0.343 e. The summed E-state index contributed by atoms with van der Waals surface area (Å²) >= 11 is 2.02. The van der Waals surface area contributed by atoms with Crippen molar-refractivity contribution in [2.75, 3.05) is 25.1 Å². The Kier molecular flexibility index (Phi) is 6.16. The van der Waals surface area contributed by atoms with Gasteiger partial charge in [-0.15, -0.1) is 0 Å². The van der Waals surface area contributed by atoms with Gasteiger partial charge < -0.3 is 4.57 Å². The third-order valence-corrected chi connectivity index (χ3v) is 8.42. The Morgan fingerprint density at radius 2 is 1.87 bits per heavy atom. The molecule has 0 N–H and O–H groups in total. The first-order valence-electron chi connectivity index (χ1n) is 12.1. The second-order valence-corrected chi connectivity index (χ2v) is 10.5. The molecule has 3 heteroatoms. The van der Waals surface area contributed by atoms with Crippen molar-refractivity contribution in [2.24, 2.45) is 5.92 Å². The average molecular weight is 433 g/mol. The van der Waals surface area contributed by atoms with E-state index in [0.717, 1.165) is 18.9 Å². The number of rotatable bonds is 7. The van der Waals surface area contributed by atoms with Crippen LogP contribution >= 0.6 is 11.8 Å². The fourth-order valence-electron chi connectivity index (χ4n) is 6.35. The van der Waals surface area contributed by atoms with Gasteiger partial charge in [-0.05, 0) is 78.5 Å². The van der Waals surface area contributed by atoms with Gasteiger partial charge in [-0.3, -0.25) is 4.90 Å². The number of hydrogen-bond acceptors (Lipinski definition) is 2. The number of hydrogen-bond donors (Lipinski definition) is 0. The second-order valence-electron chi connectivity index (χ2n) is 9.58. The van der Waals surface area contributed by atoms with Crippen LogP contribution in [-0.2, 0) is 19.4 Å². The van der Waals surface area contributed by atoms with E-state index in [2.05, 4.69) is 78.2 Å². The summed E-state index contributed by atoms with van der Waals surface area (Å²) in [6.07, 6.45) is 9.67. The molecule has 31 heavy (non-hydrogen) atoms. The number of aromatic nitrogens is 1. The highest BCUT2D eigenvalue weighted by molar-refractivity contribution is 7.98. The maximum absolute atomic E-state index is 2.83. The molecule has 0 amide bonds. The molecule has 3 atom stereocenters. The number of thioether (sulfide) groups is 1. The standard InChI is InChI=1S/C28H36N2S/c1-4-13-29-16-20(19-31-3)14-25-24-11-8-12-26-28(24)23(15-27(25)29)18-30(26)17-22-10-7-6-9-21(22)5-2/h6-12,18,20,25,27H,4-5,13-17,19H2,1-3H3/t20-,25-,27-/m1/s1. The minimum atomic E-state index is 0.676. The molecular weight excluding hydrogens is 396 g/mol. The van der Waals surface area contributed by atoms with E-state index >= 15 is 0 Å². The van der Waals surface area contributed by atoms with Crippen molar-refractivity contribution in [1.29, 1.82) is 0 Å². The van der Waals surface area contributed by atoms with Gasteiger partial charge in [0.25, 0.3) is 0 Å². The molecule has 0 spiro atoms. The molecule has 0 radical (unpaired) electrons. The number of piperidine rings is 1. The summed E-state index contributed by atoms with van der Waals surface area (Å²) in [5, 5.41) is 1.57. The van der Waals surface area contributed by atoms with Gasteiger partial charge in [0.05, 0.1) is 0 Å². The fourth-order valence-corrected chi connectivity index (χ4v) is 7.06. The van der Waals surface area contributed by atoms with Crippen molar-refractivity contribution in [1.82, 2.24) is 9.47 Å². The lowest BCUT2D eigenvalue weighted by atomic mass is 9.72. The Balaban J connectivity index is 1.55. The third-order valence-electron chi connectivity index (χ3n) is 7.61. The Morgan fingerprint density at radius 1 is 1.03 bits per heavy atom. The molecule has 5 rings (SSSR count). The van der Waals surface area contributed by atoms with E-state index in [4.69, 9.17) is 0 Å². The van der Waals surface area contributed by atoms with E-state index in [9.17, 15) is 0 Å². The molecule has 0 bridgehead atoms. The molecule has 1 saturated heterocycles. The maximum atomic E-state index is 2.83. The zero-order chi connectivity index (χ0) is 21.4. The lowest BCUT2D eigenvalue weighted by Gasteiger charge is -2.47. The third kappa shape index (κ3) is 3.85. The Bertz CT molecular complexity index is 1050. The van der Waals surface area contributed by atoms with Crippen LogP contribution < -0.4 is 0 Å². The van der Waals surface area contributed by atoms with E-state index < -0.39 is 0 Å². The zero-order valence-corrected chi connectivity index (χ0v) is 20.1. The molecule has 164 valence electrons. The molecule has 0 unspecified atom stereocenters. The van der Waals surface area contributed by atoms with Crippen LogP contribution in [0.1, 0.15) is 54.9 Å². The molecule has 1 fully saturated rings. The van der Waals surface area contributed by atoms with Crippen molar-refractivity contribution in [3.8, 4) is 0 Å². The van der Waals surface area contributed by atoms with Crippen LogP contribution in [0.2, 0.25) is 0 Å². The van der Waals surface area contributed by atoms with Crippen LogP contribution in [0.3, 0.4) is 0 Å². The first-order valence-corrected chi connectivity index (χ1v) is 13.5. The van der Waals surface area contributed by atoms with Crippen LogP contribution in [0.5, 0.6) is 0 Å². The monoisotopic (exact) mass is 432 g/mol. The van der Waals surface area contributed by atoms with Gasteiger partial charge in [-0.2, -0.15) is 11.8 Å². The summed E-state index contributed by atoms with van der Waals surface area (Å²) in [6.45, 7) is 8.10. The van der Waals surface area contributed by atoms with Crippen LogP contribution in [-0.4, -0.2) is 40.6 Å². The molecule has 1 aromatic heterocycles. The first-order chi connectivity index (χ1) is 15.2. The summed E-state index contributed by atoms with van der Waals surface area (Å²) in [5.41, 5.74) is 7.57. The first kappa shape index (κ1) is 21.2. The Morgan fingerprint density at radius 3 is 2.65 bits per heavy atom. The Hall–Kier alpha value is -1.71. The number of fused-ring (bicyclic) bond motifs is 2. The smallest absolute Gasteiger partial charge is 0.0489 e. The molecule has 3 aromatic rings. The summed E-state index contributed by atoms with van der Waals surface area (Å²) < 4.78 is 2.53. The van der Waals surface area contributed by atoms with Crippen molar-refractivity contribution in [2.45, 2.75) is 58.0 Å². The summed E-state index contributed by atoms with van der Waals surface area (Å²) in [4.78, 5) is 2.83.